The molecular weight excluding hydrogens is 687 g/mol. The Bertz CT molecular complexity index is 2190. The molecule has 0 aliphatic heterocycles. The average Bonchev–Trinajstić information content (AvgIpc) is 2.93. The fraction of sp³-hybridized carbons (Fsp3) is 0. The van der Waals surface area contributed by atoms with Crippen molar-refractivity contribution in [1.82, 2.24) is 15.0 Å². The van der Waals surface area contributed by atoms with Gasteiger partial charge in [0.25, 0.3) is 20.2 Å². The second-order valence-corrected chi connectivity index (χ2v) is 12.7. The Morgan fingerprint density at radius 3 is 2.23 bits per heavy atom. The van der Waals surface area contributed by atoms with Crippen molar-refractivity contribution in [2.75, 3.05) is 5.32 Å². The molecule has 0 spiro atoms. The zero-order valence-corrected chi connectivity index (χ0v) is 25.1. The van der Waals surface area contributed by atoms with Gasteiger partial charge in [0.05, 0.1) is 27.5 Å². The Morgan fingerprint density at radius 2 is 1.57 bits per heavy atom. The Labute approximate surface area is 260 Å². The number of azo groups is 1. The minimum absolute atomic E-state index is 0.0429. The summed E-state index contributed by atoms with van der Waals surface area (Å²) >= 11 is 12.0. The van der Waals surface area contributed by atoms with Gasteiger partial charge in [0.2, 0.25) is 16.5 Å². The van der Waals surface area contributed by atoms with Crippen LogP contribution in [0.4, 0.5) is 23.0 Å². The highest BCUT2D eigenvalue weighted by Crippen LogP contribution is 2.48. The molecule has 44 heavy (non-hydrogen) atoms. The summed E-state index contributed by atoms with van der Waals surface area (Å²) in [5.74, 6) is -0.976. The van der Waals surface area contributed by atoms with Gasteiger partial charge in [-0.1, -0.05) is 35.4 Å². The number of fused-ring (bicyclic) bond motifs is 2. The molecule has 5 aromatic rings. The normalized spacial score (nSPS) is 12.4. The largest absolute Gasteiger partial charge is 0.505 e. The van der Waals surface area contributed by atoms with Crippen molar-refractivity contribution in [3.05, 3.63) is 65.2 Å². The highest BCUT2D eigenvalue weighted by atomic mass is 35.5. The monoisotopic (exact) mass is 700 g/mol. The summed E-state index contributed by atoms with van der Waals surface area (Å²) in [5, 5.41) is 34.1. The van der Waals surface area contributed by atoms with Crippen LogP contribution >= 0.6 is 35.2 Å². The van der Waals surface area contributed by atoms with Crippen LogP contribution in [0.3, 0.4) is 0 Å². The standard InChI is InChI=1S/C23H14Cl2N6O10S3/c24-21-27-22(25)29-23(28-21)26-15-9-12(43(34,35)36)7-11-8-16(42-41-40-33)18(19(32)17(11)15)31-30-14-6-5-10-3-1-2-4-13(10)20(14)44(37,38)39/h1-9,32-33H,(H,34,35,36)(H,37,38,39)(H,26,27,28,29). The zero-order chi connectivity index (χ0) is 31.8. The quantitative estimate of drug-likeness (QED) is 0.0374. The summed E-state index contributed by atoms with van der Waals surface area (Å²) in [7, 11) is -9.64. The van der Waals surface area contributed by atoms with Crippen LogP contribution in [0.25, 0.3) is 21.5 Å². The molecule has 1 aromatic heterocycles. The van der Waals surface area contributed by atoms with Crippen molar-refractivity contribution < 1.29 is 45.7 Å². The van der Waals surface area contributed by atoms with E-state index >= 15 is 0 Å². The number of hydrogen-bond donors (Lipinski definition) is 5. The van der Waals surface area contributed by atoms with Crippen molar-refractivity contribution in [1.29, 1.82) is 0 Å². The third kappa shape index (κ3) is 6.66. The van der Waals surface area contributed by atoms with Gasteiger partial charge in [0.1, 0.15) is 16.3 Å². The first-order valence-corrected chi connectivity index (χ1v) is 15.8. The third-order valence-corrected chi connectivity index (χ3v) is 8.51. The van der Waals surface area contributed by atoms with Crippen molar-refractivity contribution in [2.45, 2.75) is 14.7 Å². The SMILES string of the molecule is O=S(=O)(O)c1cc(Nc2nc(Cl)nc(Cl)n2)c2c(O)c(N=Nc3ccc4ccccc4c3S(=O)(=O)O)c(SOOO)cc2c1. The number of aromatic hydroxyl groups is 1. The molecule has 0 aliphatic carbocycles. The van der Waals surface area contributed by atoms with Crippen LogP contribution in [0.2, 0.25) is 10.6 Å². The molecule has 21 heteroatoms. The molecule has 5 rings (SSSR count). The zero-order valence-electron chi connectivity index (χ0n) is 21.2. The van der Waals surface area contributed by atoms with Gasteiger partial charge >= 0.3 is 0 Å². The van der Waals surface area contributed by atoms with E-state index in [1.165, 1.54) is 24.3 Å². The van der Waals surface area contributed by atoms with Gasteiger partial charge < -0.3 is 10.4 Å². The number of benzene rings is 4. The molecule has 0 saturated carbocycles. The van der Waals surface area contributed by atoms with Gasteiger partial charge in [-0.25, -0.2) is 5.26 Å². The van der Waals surface area contributed by atoms with E-state index in [4.69, 9.17) is 28.5 Å². The number of phenols is 1. The van der Waals surface area contributed by atoms with Crippen LogP contribution in [0, 0.1) is 0 Å². The lowest BCUT2D eigenvalue weighted by molar-refractivity contribution is -0.432. The number of halogens is 2. The summed E-state index contributed by atoms with van der Waals surface area (Å²) in [6, 6.07) is 12.2. The average molecular weight is 702 g/mol. The lowest BCUT2D eigenvalue weighted by atomic mass is 10.1. The first kappa shape index (κ1) is 31.7. The van der Waals surface area contributed by atoms with Crippen LogP contribution in [-0.4, -0.2) is 51.3 Å². The third-order valence-electron chi connectivity index (χ3n) is 5.78. The molecule has 0 aliphatic rings. The predicted octanol–water partition coefficient (Wildman–Crippen LogP) is 6.27. The highest BCUT2D eigenvalue weighted by Gasteiger charge is 2.24. The van der Waals surface area contributed by atoms with Gasteiger partial charge in [-0.05, 0) is 58.2 Å². The minimum Gasteiger partial charge on any atom is -0.505 e. The Balaban J connectivity index is 1.77. The van der Waals surface area contributed by atoms with Gasteiger partial charge in [0.15, 0.2) is 5.75 Å². The molecule has 228 valence electrons. The summed E-state index contributed by atoms with van der Waals surface area (Å²) in [5.41, 5.74) is -0.915. The Kier molecular flexibility index (Phi) is 8.87. The lowest BCUT2D eigenvalue weighted by Gasteiger charge is -2.15. The number of rotatable bonds is 9. The molecule has 0 radical (unpaired) electrons. The van der Waals surface area contributed by atoms with Crippen molar-refractivity contribution in [3.8, 4) is 5.75 Å². The van der Waals surface area contributed by atoms with E-state index in [2.05, 4.69) is 39.9 Å². The van der Waals surface area contributed by atoms with E-state index in [0.717, 1.165) is 12.1 Å². The lowest BCUT2D eigenvalue weighted by Crippen LogP contribution is -2.03. The van der Waals surface area contributed by atoms with E-state index in [1.54, 1.807) is 18.2 Å². The second kappa shape index (κ2) is 12.3. The minimum atomic E-state index is -4.83. The topological polar surface area (TPSA) is 243 Å². The molecule has 4 aromatic carbocycles. The summed E-state index contributed by atoms with van der Waals surface area (Å²) in [4.78, 5) is 9.94. The van der Waals surface area contributed by atoms with Gasteiger partial charge in [-0.2, -0.15) is 31.8 Å². The first-order valence-electron chi connectivity index (χ1n) is 11.5. The summed E-state index contributed by atoms with van der Waals surface area (Å²) in [6.07, 6.45) is 0. The fourth-order valence-corrected chi connectivity index (χ4v) is 6.35. The van der Waals surface area contributed by atoms with E-state index in [1.807, 2.05) is 0 Å². The van der Waals surface area contributed by atoms with Gasteiger partial charge in [-0.15, -0.1) is 14.6 Å². The number of phenolic OH excluding ortho intramolecular Hbond substituents is 1. The summed E-state index contributed by atoms with van der Waals surface area (Å²) < 4.78 is 73.0. The molecule has 0 saturated heterocycles. The van der Waals surface area contributed by atoms with Crippen LogP contribution in [-0.2, 0) is 29.6 Å². The van der Waals surface area contributed by atoms with Crippen LogP contribution in [0.5, 0.6) is 5.75 Å². The fourth-order valence-electron chi connectivity index (χ4n) is 4.11. The molecule has 0 unspecified atom stereocenters. The first-order chi connectivity index (χ1) is 20.8. The van der Waals surface area contributed by atoms with Crippen molar-refractivity contribution >= 4 is 100 Å². The number of nitrogens with zero attached hydrogens (tertiary/aromatic N) is 5. The molecule has 1 heterocycles. The highest BCUT2D eigenvalue weighted by molar-refractivity contribution is 7.94. The molecule has 0 amide bonds. The number of hydrogen-bond acceptors (Lipinski definition) is 15. The molecule has 0 bridgehead atoms. The van der Waals surface area contributed by atoms with Crippen molar-refractivity contribution in [2.24, 2.45) is 10.2 Å². The molecule has 16 nitrogen and oxygen atoms in total. The Morgan fingerprint density at radius 1 is 0.864 bits per heavy atom. The van der Waals surface area contributed by atoms with Crippen LogP contribution < -0.4 is 5.32 Å². The molecule has 5 N–H and O–H groups in total. The van der Waals surface area contributed by atoms with E-state index in [-0.39, 0.29) is 48.9 Å². The summed E-state index contributed by atoms with van der Waals surface area (Å²) in [6.45, 7) is 0. The van der Waals surface area contributed by atoms with Crippen LogP contribution in [0.15, 0.2) is 79.5 Å². The van der Waals surface area contributed by atoms with Crippen molar-refractivity contribution in [3.63, 3.8) is 0 Å². The maximum absolute atomic E-state index is 12.3. The number of nitrogens with one attached hydrogen (secondary N) is 1. The smallest absolute Gasteiger partial charge is 0.297 e. The predicted molar refractivity (Wildman–Crippen MR) is 157 cm³/mol. The molecule has 0 atom stereocenters. The number of anilines is 2. The van der Waals surface area contributed by atoms with Gasteiger partial charge in [-0.3, -0.25) is 9.11 Å². The Hall–Kier alpha value is -3.76. The maximum Gasteiger partial charge on any atom is 0.297 e. The van der Waals surface area contributed by atoms with E-state index < -0.39 is 41.5 Å². The van der Waals surface area contributed by atoms with E-state index in [0.29, 0.717) is 17.4 Å². The number of aromatic nitrogens is 3. The molecule has 0 fully saturated rings. The van der Waals surface area contributed by atoms with Gasteiger partial charge in [0, 0.05) is 10.8 Å². The molecular formula is C23H14Cl2N6O10S3. The van der Waals surface area contributed by atoms with E-state index in [9.17, 15) is 31.0 Å². The van der Waals surface area contributed by atoms with Crippen LogP contribution in [0.1, 0.15) is 0 Å². The maximum atomic E-state index is 12.3. The second-order valence-electron chi connectivity index (χ2n) is 8.47.